The fourth-order valence-corrected chi connectivity index (χ4v) is 1.38. The highest BCUT2D eigenvalue weighted by Crippen LogP contribution is 2.13. The van der Waals surface area contributed by atoms with E-state index in [4.69, 9.17) is 29.9 Å². The van der Waals surface area contributed by atoms with Crippen LogP contribution in [0.5, 0.6) is 0 Å². The molecule has 0 aromatic carbocycles. The van der Waals surface area contributed by atoms with Gasteiger partial charge in [-0.05, 0) is 32.9 Å². The zero-order valence-corrected chi connectivity index (χ0v) is 16.0. The highest BCUT2D eigenvalue weighted by Gasteiger charge is 2.21. The first-order valence-electron chi connectivity index (χ1n) is 8.20. The summed E-state index contributed by atoms with van der Waals surface area (Å²) >= 11 is 0. The monoisotopic (exact) mass is 373 g/mol. The molecule has 9 heteroatoms. The molecule has 0 fully saturated rings. The lowest BCUT2D eigenvalue weighted by molar-refractivity contribution is -0.283. The summed E-state index contributed by atoms with van der Waals surface area (Å²) in [7, 11) is 0. The molecule has 0 aliphatic heterocycles. The molecule has 0 aliphatic carbocycles. The van der Waals surface area contributed by atoms with Gasteiger partial charge < -0.3 is 29.9 Å². The van der Waals surface area contributed by atoms with Crippen LogP contribution in [0, 0.1) is 0 Å². The molecule has 0 spiro atoms. The van der Waals surface area contributed by atoms with Gasteiger partial charge in [0.05, 0.1) is 12.0 Å². The van der Waals surface area contributed by atoms with Crippen molar-refractivity contribution in [1.29, 1.82) is 0 Å². The van der Waals surface area contributed by atoms with Crippen LogP contribution in [0.1, 0.15) is 40.3 Å². The van der Waals surface area contributed by atoms with Crippen LogP contribution >= 0.6 is 0 Å². The Kier molecular flexibility index (Phi) is 16.6. The Morgan fingerprint density at radius 2 is 1.88 bits per heavy atom. The number of hydrogen-bond donors (Lipinski definition) is 5. The van der Waals surface area contributed by atoms with Crippen molar-refractivity contribution in [3.05, 3.63) is 42.5 Å². The van der Waals surface area contributed by atoms with Gasteiger partial charge in [0.1, 0.15) is 5.69 Å². The second-order valence-electron chi connectivity index (χ2n) is 4.41. The highest BCUT2D eigenvalue weighted by atomic mass is 16.7. The zero-order chi connectivity index (χ0) is 20.5. The lowest BCUT2D eigenvalue weighted by Gasteiger charge is -2.22. The molecule has 150 valence electrons. The van der Waals surface area contributed by atoms with Gasteiger partial charge >= 0.3 is 0 Å². The minimum atomic E-state index is -1.89. The number of H-pyrrole nitrogens is 1. The van der Waals surface area contributed by atoms with Crippen LogP contribution in [-0.4, -0.2) is 61.3 Å². The Labute approximate surface area is 154 Å². The summed E-state index contributed by atoms with van der Waals surface area (Å²) in [6.45, 7) is 12.5. The van der Waals surface area contributed by atoms with E-state index < -0.39 is 18.9 Å². The molecule has 1 aromatic heterocycles. The fourth-order valence-electron chi connectivity index (χ4n) is 1.38. The lowest BCUT2D eigenvalue weighted by Crippen LogP contribution is -2.33. The van der Waals surface area contributed by atoms with Crippen molar-refractivity contribution in [2.75, 3.05) is 6.61 Å². The standard InChI is InChI=1S/C13H19N3O5.C2H6O.C2H6/c1-4-10(11-7-14-16-15-11)6-5-8(2)20-13(12(18)19)21-9(3)17;1-2-3;1-2/h4-7,9,12-13,17-19H,1H2,2-3H3,(H,14,15,16);3H,2H2,1H3;1-2H3/b8-5+,10-6+;;. The Morgan fingerprint density at radius 1 is 1.31 bits per heavy atom. The van der Waals surface area contributed by atoms with Crippen LogP contribution in [-0.2, 0) is 9.47 Å². The summed E-state index contributed by atoms with van der Waals surface area (Å²) in [5.74, 6) is 0.344. The van der Waals surface area contributed by atoms with E-state index in [0.717, 1.165) is 0 Å². The third-order valence-electron chi connectivity index (χ3n) is 2.30. The van der Waals surface area contributed by atoms with E-state index in [-0.39, 0.29) is 6.61 Å². The van der Waals surface area contributed by atoms with E-state index in [1.165, 1.54) is 13.1 Å². The van der Waals surface area contributed by atoms with Crippen LogP contribution in [0.15, 0.2) is 36.8 Å². The number of aliphatic hydroxyl groups is 4. The van der Waals surface area contributed by atoms with Gasteiger partial charge in [-0.15, -0.1) is 0 Å². The first-order chi connectivity index (χ1) is 12.3. The van der Waals surface area contributed by atoms with Gasteiger partial charge in [-0.2, -0.15) is 15.4 Å². The largest absolute Gasteiger partial charge is 0.464 e. The number of hydrogen-bond acceptors (Lipinski definition) is 8. The number of nitrogens with one attached hydrogen (secondary N) is 1. The van der Waals surface area contributed by atoms with Crippen molar-refractivity contribution in [2.24, 2.45) is 0 Å². The topological polar surface area (TPSA) is 141 Å². The quantitative estimate of drug-likeness (QED) is 0.261. The number of ether oxygens (including phenoxy) is 2. The predicted octanol–water partition coefficient (Wildman–Crippen LogP) is 1.31. The molecule has 0 aliphatic rings. The smallest absolute Gasteiger partial charge is 0.252 e. The van der Waals surface area contributed by atoms with Crippen LogP contribution in [0.25, 0.3) is 5.57 Å². The van der Waals surface area contributed by atoms with Crippen molar-refractivity contribution in [3.8, 4) is 0 Å². The summed E-state index contributed by atoms with van der Waals surface area (Å²) in [6.07, 6.45) is 1.89. The van der Waals surface area contributed by atoms with Gasteiger partial charge in [-0.3, -0.25) is 0 Å². The lowest BCUT2D eigenvalue weighted by atomic mass is 10.2. The van der Waals surface area contributed by atoms with Crippen LogP contribution < -0.4 is 0 Å². The molecule has 1 heterocycles. The Balaban J connectivity index is 0. The molecule has 5 N–H and O–H groups in total. The van der Waals surface area contributed by atoms with E-state index in [1.807, 2.05) is 13.8 Å². The highest BCUT2D eigenvalue weighted by molar-refractivity contribution is 5.71. The van der Waals surface area contributed by atoms with E-state index >= 15 is 0 Å². The number of aromatic amines is 1. The van der Waals surface area contributed by atoms with Gasteiger partial charge in [0, 0.05) is 12.2 Å². The van der Waals surface area contributed by atoms with E-state index in [2.05, 4.69) is 22.0 Å². The van der Waals surface area contributed by atoms with Gasteiger partial charge in [0.25, 0.3) is 6.29 Å². The molecule has 1 rings (SSSR count). The molecule has 0 saturated heterocycles. The van der Waals surface area contributed by atoms with Gasteiger partial charge in [-0.25, -0.2) is 0 Å². The van der Waals surface area contributed by atoms with Crippen molar-refractivity contribution in [3.63, 3.8) is 0 Å². The summed E-state index contributed by atoms with van der Waals surface area (Å²) in [6, 6.07) is 0. The summed E-state index contributed by atoms with van der Waals surface area (Å²) in [5, 5.41) is 44.9. The summed E-state index contributed by atoms with van der Waals surface area (Å²) in [5.41, 5.74) is 1.30. The maximum absolute atomic E-state index is 9.10. The SMILES string of the molecule is C=C/C(=C\C=C(/C)OC(OC(C)O)C(O)O)c1cn[nH]n1.CC.CCO. The molecule has 1 aromatic rings. The Hall–Kier alpha value is -2.04. The zero-order valence-electron chi connectivity index (χ0n) is 16.0. The second-order valence-corrected chi connectivity index (χ2v) is 4.41. The number of nitrogens with zero attached hydrogens (tertiary/aromatic N) is 2. The minimum Gasteiger partial charge on any atom is -0.464 e. The van der Waals surface area contributed by atoms with Crippen LogP contribution in [0.3, 0.4) is 0 Å². The summed E-state index contributed by atoms with van der Waals surface area (Å²) in [4.78, 5) is 0. The second kappa shape index (κ2) is 16.4. The molecule has 9 nitrogen and oxygen atoms in total. The average molecular weight is 373 g/mol. The number of rotatable bonds is 8. The number of allylic oxidation sites excluding steroid dienone is 5. The van der Waals surface area contributed by atoms with Crippen LogP contribution in [0.2, 0.25) is 0 Å². The third-order valence-corrected chi connectivity index (χ3v) is 2.30. The van der Waals surface area contributed by atoms with Gasteiger partial charge in [0.2, 0.25) is 6.29 Å². The number of aromatic nitrogens is 3. The first-order valence-corrected chi connectivity index (χ1v) is 8.20. The van der Waals surface area contributed by atoms with Gasteiger partial charge in [-0.1, -0.05) is 26.5 Å². The molecule has 0 amide bonds. The minimum absolute atomic E-state index is 0.250. The van der Waals surface area contributed by atoms with Crippen molar-refractivity contribution in [2.45, 2.75) is 53.5 Å². The number of aliphatic hydroxyl groups excluding tert-OH is 3. The molecule has 0 bridgehead atoms. The molecule has 0 radical (unpaired) electrons. The normalized spacial score (nSPS) is 13.8. The molecule has 2 unspecified atom stereocenters. The van der Waals surface area contributed by atoms with E-state index in [0.29, 0.717) is 17.0 Å². The molecule has 0 saturated carbocycles. The Morgan fingerprint density at radius 3 is 2.27 bits per heavy atom. The maximum Gasteiger partial charge on any atom is 0.252 e. The molecule has 26 heavy (non-hydrogen) atoms. The predicted molar refractivity (Wildman–Crippen MR) is 98.3 cm³/mol. The van der Waals surface area contributed by atoms with Crippen molar-refractivity contribution >= 4 is 5.57 Å². The first kappa shape index (κ1) is 26.2. The molecule has 2 atom stereocenters. The fraction of sp³-hybridized carbons (Fsp3) is 0.529. The average Bonchev–Trinajstić information content (AvgIpc) is 3.11. The van der Waals surface area contributed by atoms with Crippen LogP contribution in [0.4, 0.5) is 0 Å². The van der Waals surface area contributed by atoms with Gasteiger partial charge in [0.15, 0.2) is 6.29 Å². The Bertz CT molecular complexity index is 513. The molecular weight excluding hydrogens is 342 g/mol. The summed E-state index contributed by atoms with van der Waals surface area (Å²) < 4.78 is 10.0. The van der Waals surface area contributed by atoms with E-state index in [1.54, 1.807) is 32.1 Å². The maximum atomic E-state index is 9.10. The van der Waals surface area contributed by atoms with E-state index in [9.17, 15) is 0 Å². The van der Waals surface area contributed by atoms with Crippen molar-refractivity contribution in [1.82, 2.24) is 15.4 Å². The van der Waals surface area contributed by atoms with Crippen molar-refractivity contribution < 1.29 is 29.9 Å². The molecular formula is C17H31N3O6. The third kappa shape index (κ3) is 12.3.